The van der Waals surface area contributed by atoms with Crippen LogP contribution in [-0.2, 0) is 18.9 Å². The molecule has 2 aromatic heterocycles. The topological polar surface area (TPSA) is 44.0 Å². The van der Waals surface area contributed by atoms with Crippen LogP contribution in [0, 0.1) is 5.82 Å². The second-order valence-corrected chi connectivity index (χ2v) is 7.78. The van der Waals surface area contributed by atoms with Gasteiger partial charge in [0.1, 0.15) is 11.4 Å². The minimum absolute atomic E-state index is 0.0154. The molecule has 0 amide bonds. The van der Waals surface area contributed by atoms with Crippen molar-refractivity contribution >= 4 is 16.8 Å². The first-order valence-electron chi connectivity index (χ1n) is 9.73. The smallest absolute Gasteiger partial charge is 0.334 e. The fourth-order valence-corrected chi connectivity index (χ4v) is 4.22. The molecule has 4 nitrogen and oxygen atoms in total. The van der Waals surface area contributed by atoms with Crippen molar-refractivity contribution in [1.29, 1.82) is 0 Å². The maximum atomic E-state index is 13.9. The van der Waals surface area contributed by atoms with E-state index in [0.29, 0.717) is 12.1 Å². The van der Waals surface area contributed by atoms with Gasteiger partial charge >= 0.3 is 12.4 Å². The number of carbonyl (C=O) groups excluding carboxylic acids is 1. The van der Waals surface area contributed by atoms with Crippen molar-refractivity contribution in [2.45, 2.75) is 18.9 Å². The molecule has 3 heterocycles. The highest BCUT2D eigenvalue weighted by Gasteiger charge is 2.38. The third-order valence-corrected chi connectivity index (χ3v) is 5.64. The lowest BCUT2D eigenvalue weighted by Crippen LogP contribution is -2.21. The van der Waals surface area contributed by atoms with Crippen molar-refractivity contribution in [3.8, 4) is 11.4 Å². The largest absolute Gasteiger partial charge is 0.416 e. The molecular weight excluding hydrogens is 469 g/mol. The number of hydrogen-bond donors (Lipinski definition) is 0. The Labute approximate surface area is 185 Å². The Hall–Kier alpha value is -3.89. The molecule has 0 atom stereocenters. The van der Waals surface area contributed by atoms with Gasteiger partial charge in [0.25, 0.3) is 5.91 Å². The zero-order chi connectivity index (χ0) is 24.6. The first-order valence-corrected chi connectivity index (χ1v) is 9.73. The summed E-state index contributed by atoms with van der Waals surface area (Å²) in [6.45, 7) is -0.545. The van der Waals surface area contributed by atoms with Gasteiger partial charge in [0.05, 0.1) is 28.0 Å². The Morgan fingerprint density at radius 3 is 2.09 bits per heavy atom. The van der Waals surface area contributed by atoms with E-state index in [2.05, 4.69) is 0 Å². The van der Waals surface area contributed by atoms with E-state index in [9.17, 15) is 40.3 Å². The van der Waals surface area contributed by atoms with E-state index < -0.39 is 47.2 Å². The Kier molecular flexibility index (Phi) is 4.55. The summed E-state index contributed by atoms with van der Waals surface area (Å²) in [4.78, 5) is 25.8. The Balaban J connectivity index is 1.82. The van der Waals surface area contributed by atoms with Gasteiger partial charge < -0.3 is 4.57 Å². The van der Waals surface area contributed by atoms with E-state index in [1.54, 1.807) is 0 Å². The van der Waals surface area contributed by atoms with Crippen molar-refractivity contribution in [2.24, 2.45) is 0 Å². The number of hydrogen-bond acceptors (Lipinski definition) is 2. The molecule has 0 fully saturated rings. The van der Waals surface area contributed by atoms with Crippen molar-refractivity contribution < 1.29 is 35.5 Å². The van der Waals surface area contributed by atoms with Crippen LogP contribution < -0.4 is 5.43 Å². The monoisotopic (exact) mass is 480 g/mol. The summed E-state index contributed by atoms with van der Waals surface area (Å²) in [5.74, 6) is -1.51. The lowest BCUT2D eigenvalue weighted by Gasteiger charge is -2.19. The molecule has 0 saturated heterocycles. The van der Waals surface area contributed by atoms with Crippen molar-refractivity contribution in [3.05, 3.63) is 93.0 Å². The second kappa shape index (κ2) is 7.05. The zero-order valence-electron chi connectivity index (χ0n) is 16.8. The quantitative estimate of drug-likeness (QED) is 0.305. The molecule has 0 bridgehead atoms. The molecule has 4 aromatic rings. The molecule has 1 aliphatic rings. The third-order valence-electron chi connectivity index (χ3n) is 5.64. The van der Waals surface area contributed by atoms with Gasteiger partial charge in [-0.05, 0) is 54.1 Å². The van der Waals surface area contributed by atoms with Crippen LogP contribution in [0.2, 0.25) is 0 Å². The first kappa shape index (κ1) is 21.9. The summed E-state index contributed by atoms with van der Waals surface area (Å²) >= 11 is 0. The van der Waals surface area contributed by atoms with E-state index in [0.717, 1.165) is 16.7 Å². The van der Waals surface area contributed by atoms with Gasteiger partial charge in [-0.3, -0.25) is 14.2 Å². The van der Waals surface area contributed by atoms with Gasteiger partial charge in [-0.15, -0.1) is 0 Å². The number of aromatic nitrogens is 2. The van der Waals surface area contributed by atoms with Crippen LogP contribution in [0.5, 0.6) is 0 Å². The van der Waals surface area contributed by atoms with Crippen LogP contribution in [0.1, 0.15) is 27.0 Å². The van der Waals surface area contributed by atoms with Gasteiger partial charge in [0.2, 0.25) is 5.43 Å². The number of rotatable bonds is 2. The fourth-order valence-electron chi connectivity index (χ4n) is 4.22. The van der Waals surface area contributed by atoms with E-state index in [4.69, 9.17) is 0 Å². The second-order valence-electron chi connectivity index (χ2n) is 7.78. The molecule has 0 aliphatic carbocycles. The van der Waals surface area contributed by atoms with E-state index in [1.807, 2.05) is 0 Å². The highest BCUT2D eigenvalue weighted by molar-refractivity contribution is 6.10. The minimum atomic E-state index is -5.04. The number of pyridine rings is 1. The van der Waals surface area contributed by atoms with Gasteiger partial charge in [-0.1, -0.05) is 0 Å². The molecule has 5 rings (SSSR count). The number of nitrogens with zero attached hydrogens (tertiary/aromatic N) is 2. The third kappa shape index (κ3) is 3.30. The summed E-state index contributed by atoms with van der Waals surface area (Å²) < 4.78 is 96.4. The predicted molar refractivity (Wildman–Crippen MR) is 107 cm³/mol. The first-order chi connectivity index (χ1) is 15.9. The summed E-state index contributed by atoms with van der Waals surface area (Å²) in [5, 5.41) is -0.221. The molecule has 34 heavy (non-hydrogen) atoms. The maximum absolute atomic E-state index is 13.9. The minimum Gasteiger partial charge on any atom is -0.334 e. The lowest BCUT2D eigenvalue weighted by atomic mass is 10.0. The number of benzene rings is 2. The van der Waals surface area contributed by atoms with Gasteiger partial charge in [0.15, 0.2) is 0 Å². The molecule has 1 aliphatic heterocycles. The van der Waals surface area contributed by atoms with Crippen LogP contribution in [0.25, 0.3) is 22.3 Å². The standard InChI is InChI=1S/C23H11F7N2O2/c24-14-3-4-16-15(9-14)20(33)18-19(17-2-1-5-31(17)21(18)34)32(16)10-11-6-12(22(25,26)27)8-13(7-11)23(28,29)30/h1-9H,10H2. The predicted octanol–water partition coefficient (Wildman–Crippen LogP) is 5.70. The van der Waals surface area contributed by atoms with Crippen LogP contribution in [-0.4, -0.2) is 15.0 Å². The summed E-state index contributed by atoms with van der Waals surface area (Å²) in [7, 11) is 0. The molecule has 0 saturated carbocycles. The summed E-state index contributed by atoms with van der Waals surface area (Å²) in [5.41, 5.74) is -4.15. The molecule has 0 unspecified atom stereocenters. The summed E-state index contributed by atoms with van der Waals surface area (Å²) in [6.07, 6.45) is -8.71. The lowest BCUT2D eigenvalue weighted by molar-refractivity contribution is -0.143. The van der Waals surface area contributed by atoms with Gasteiger partial charge in [-0.2, -0.15) is 26.3 Å². The van der Waals surface area contributed by atoms with Gasteiger partial charge in [-0.25, -0.2) is 4.39 Å². The fraction of sp³-hybridized carbons (Fsp3) is 0.130. The molecule has 0 N–H and O–H groups in total. The molecule has 11 heteroatoms. The normalized spacial score (nSPS) is 13.4. The molecule has 174 valence electrons. The summed E-state index contributed by atoms with van der Waals surface area (Å²) in [6, 6.07) is 7.24. The average Bonchev–Trinajstić information content (AvgIpc) is 3.32. The number of carbonyl (C=O) groups is 1. The number of fused-ring (bicyclic) bond motifs is 4. The molecule has 2 aromatic carbocycles. The van der Waals surface area contributed by atoms with E-state index >= 15 is 0 Å². The molecule has 0 radical (unpaired) electrons. The SMILES string of the molecule is O=C1c2c(n(Cc3cc(C(F)(F)F)cc(C(F)(F)F)c3)c3ccc(F)cc3c2=O)-c2cccn21. The molecule has 0 spiro atoms. The van der Waals surface area contributed by atoms with Crippen molar-refractivity contribution in [1.82, 2.24) is 9.13 Å². The number of halogens is 7. The van der Waals surface area contributed by atoms with Crippen molar-refractivity contribution in [3.63, 3.8) is 0 Å². The molecular formula is C23H11F7N2O2. The van der Waals surface area contributed by atoms with Crippen LogP contribution in [0.3, 0.4) is 0 Å². The van der Waals surface area contributed by atoms with Gasteiger partial charge in [0, 0.05) is 18.1 Å². The Bertz CT molecular complexity index is 1530. The van der Waals surface area contributed by atoms with Crippen LogP contribution in [0.15, 0.2) is 59.5 Å². The van der Waals surface area contributed by atoms with Crippen molar-refractivity contribution in [2.75, 3.05) is 0 Å². The highest BCUT2D eigenvalue weighted by Crippen LogP contribution is 2.38. The number of alkyl halides is 6. The maximum Gasteiger partial charge on any atom is 0.416 e. The van der Waals surface area contributed by atoms with Crippen LogP contribution >= 0.6 is 0 Å². The zero-order valence-corrected chi connectivity index (χ0v) is 16.8. The average molecular weight is 480 g/mol. The van der Waals surface area contributed by atoms with E-state index in [1.165, 1.54) is 29.0 Å². The highest BCUT2D eigenvalue weighted by atomic mass is 19.4. The van der Waals surface area contributed by atoms with E-state index in [-0.39, 0.29) is 39.5 Å². The Morgan fingerprint density at radius 1 is 0.824 bits per heavy atom. The Morgan fingerprint density at radius 2 is 1.47 bits per heavy atom. The van der Waals surface area contributed by atoms with Crippen LogP contribution in [0.4, 0.5) is 30.7 Å².